The molecule has 2 fully saturated rings. The molecule has 1 heterocycles. The van der Waals surface area contributed by atoms with Crippen molar-refractivity contribution in [3.8, 4) is 5.75 Å². The summed E-state index contributed by atoms with van der Waals surface area (Å²) in [4.78, 5) is 11.0. The number of carboxylic acid groups (broad SMARTS) is 1. The van der Waals surface area contributed by atoms with Crippen LogP contribution in [0.1, 0.15) is 43.2 Å². The van der Waals surface area contributed by atoms with Crippen LogP contribution in [0.2, 0.25) is 0 Å². The highest BCUT2D eigenvalue weighted by Crippen LogP contribution is 2.46. The van der Waals surface area contributed by atoms with Crippen molar-refractivity contribution >= 4 is 6.47 Å². The van der Waals surface area contributed by atoms with Crippen molar-refractivity contribution in [3.63, 3.8) is 0 Å². The summed E-state index contributed by atoms with van der Waals surface area (Å²) in [6, 6.07) is 6.55. The van der Waals surface area contributed by atoms with Gasteiger partial charge in [-0.15, -0.1) is 0 Å². The number of benzene rings is 1. The molecule has 1 aliphatic carbocycles. The summed E-state index contributed by atoms with van der Waals surface area (Å²) in [6.07, 6.45) is 6.95. The molecule has 3 rings (SSSR count). The van der Waals surface area contributed by atoms with Crippen molar-refractivity contribution in [1.29, 1.82) is 0 Å². The zero-order chi connectivity index (χ0) is 18.3. The highest BCUT2D eigenvalue weighted by Gasteiger charge is 2.45. The van der Waals surface area contributed by atoms with Gasteiger partial charge in [0, 0.05) is 31.2 Å². The number of hydrogen-bond donors (Lipinski definition) is 1. The highest BCUT2D eigenvalue weighted by atomic mass is 16.5. The Morgan fingerprint density at radius 3 is 2.72 bits per heavy atom. The second-order valence-electron chi connectivity index (χ2n) is 7.21. The van der Waals surface area contributed by atoms with Crippen molar-refractivity contribution < 1.29 is 19.4 Å². The zero-order valence-electron chi connectivity index (χ0n) is 15.7. The van der Waals surface area contributed by atoms with Crippen LogP contribution in [0.25, 0.3) is 0 Å². The number of carbonyl (C=O) groups is 1. The van der Waals surface area contributed by atoms with Gasteiger partial charge in [0.25, 0.3) is 6.47 Å². The Balaban J connectivity index is 0.000000701. The van der Waals surface area contributed by atoms with Crippen molar-refractivity contribution in [1.82, 2.24) is 4.90 Å². The third kappa shape index (κ3) is 4.73. The average Bonchev–Trinajstić information content (AvgIpc) is 2.99. The minimum Gasteiger partial charge on any atom is -0.496 e. The van der Waals surface area contributed by atoms with E-state index in [0.29, 0.717) is 11.5 Å². The van der Waals surface area contributed by atoms with Crippen LogP contribution in [-0.4, -0.2) is 49.9 Å². The summed E-state index contributed by atoms with van der Waals surface area (Å²) in [7, 11) is 3.66. The Morgan fingerprint density at radius 1 is 1.32 bits per heavy atom. The van der Waals surface area contributed by atoms with Gasteiger partial charge in [0.05, 0.1) is 13.2 Å². The van der Waals surface area contributed by atoms with E-state index in [1.165, 1.54) is 56.3 Å². The first kappa shape index (κ1) is 19.7. The molecule has 0 radical (unpaired) electrons. The largest absolute Gasteiger partial charge is 0.496 e. The molecule has 1 aliphatic heterocycles. The molecule has 0 unspecified atom stereocenters. The molecule has 1 N–H and O–H groups in total. The van der Waals surface area contributed by atoms with Gasteiger partial charge >= 0.3 is 0 Å². The number of hydrogen-bond acceptors (Lipinski definition) is 4. The van der Waals surface area contributed by atoms with E-state index < -0.39 is 0 Å². The number of likely N-dealkylation sites (tertiary alicyclic amines) is 1. The number of nitrogens with zero attached hydrogens (tertiary/aromatic N) is 1. The first-order chi connectivity index (χ1) is 12.1. The molecule has 1 saturated carbocycles. The smallest absolute Gasteiger partial charge is 0.290 e. The lowest BCUT2D eigenvalue weighted by Crippen LogP contribution is -2.47. The molecule has 140 valence electrons. The van der Waals surface area contributed by atoms with Gasteiger partial charge in [-0.05, 0) is 50.8 Å². The van der Waals surface area contributed by atoms with Gasteiger partial charge in [0.1, 0.15) is 5.75 Å². The van der Waals surface area contributed by atoms with Gasteiger partial charge in [-0.2, -0.15) is 0 Å². The van der Waals surface area contributed by atoms with E-state index in [1.54, 1.807) is 7.11 Å². The molecule has 1 aromatic carbocycles. The SMILES string of the molecule is COc1cc(C)ccc1CN1CCC[C@]2(CCC[C@H]2OC)C1.O=CO. The quantitative estimate of drug-likeness (QED) is 0.843. The van der Waals surface area contributed by atoms with Gasteiger partial charge in [0.2, 0.25) is 0 Å². The molecule has 2 atom stereocenters. The Hall–Kier alpha value is -1.59. The average molecular weight is 349 g/mol. The van der Waals surface area contributed by atoms with Crippen LogP contribution in [0.15, 0.2) is 18.2 Å². The molecule has 1 aromatic rings. The summed E-state index contributed by atoms with van der Waals surface area (Å²) in [5, 5.41) is 6.89. The Morgan fingerprint density at radius 2 is 2.04 bits per heavy atom. The van der Waals surface area contributed by atoms with Crippen LogP contribution >= 0.6 is 0 Å². The second kappa shape index (κ2) is 9.20. The fraction of sp³-hybridized carbons (Fsp3) is 0.650. The van der Waals surface area contributed by atoms with E-state index in [2.05, 4.69) is 30.0 Å². The summed E-state index contributed by atoms with van der Waals surface area (Å²) < 4.78 is 11.4. The van der Waals surface area contributed by atoms with Crippen LogP contribution in [0, 0.1) is 12.3 Å². The number of aryl methyl sites for hydroxylation is 1. The Bertz CT molecular complexity index is 563. The molecule has 0 amide bonds. The summed E-state index contributed by atoms with van der Waals surface area (Å²) in [5.74, 6) is 1.02. The summed E-state index contributed by atoms with van der Waals surface area (Å²) in [6.45, 7) is 5.21. The highest BCUT2D eigenvalue weighted by molar-refractivity contribution is 5.37. The van der Waals surface area contributed by atoms with Gasteiger partial charge in [-0.1, -0.05) is 18.6 Å². The third-order valence-corrected chi connectivity index (χ3v) is 5.63. The molecule has 1 spiro atoms. The fourth-order valence-electron chi connectivity index (χ4n) is 4.56. The molecular formula is C20H31NO4. The van der Waals surface area contributed by atoms with E-state index in [1.807, 2.05) is 7.11 Å². The Kier molecular flexibility index (Phi) is 7.26. The van der Waals surface area contributed by atoms with E-state index in [-0.39, 0.29) is 6.47 Å². The maximum absolute atomic E-state index is 8.36. The third-order valence-electron chi connectivity index (χ3n) is 5.63. The monoisotopic (exact) mass is 349 g/mol. The molecule has 0 bridgehead atoms. The first-order valence-electron chi connectivity index (χ1n) is 9.05. The second-order valence-corrected chi connectivity index (χ2v) is 7.21. The van der Waals surface area contributed by atoms with E-state index in [9.17, 15) is 0 Å². The van der Waals surface area contributed by atoms with Gasteiger partial charge in [0.15, 0.2) is 0 Å². The van der Waals surface area contributed by atoms with Crippen molar-refractivity contribution in [3.05, 3.63) is 29.3 Å². The molecular weight excluding hydrogens is 318 g/mol. The van der Waals surface area contributed by atoms with Crippen LogP contribution in [0.3, 0.4) is 0 Å². The lowest BCUT2D eigenvalue weighted by molar-refractivity contribution is -0.122. The zero-order valence-corrected chi connectivity index (χ0v) is 15.7. The summed E-state index contributed by atoms with van der Waals surface area (Å²) >= 11 is 0. The van der Waals surface area contributed by atoms with Crippen molar-refractivity contribution in [2.24, 2.45) is 5.41 Å². The predicted octanol–water partition coefficient (Wildman–Crippen LogP) is 3.49. The maximum Gasteiger partial charge on any atom is 0.290 e. The van der Waals surface area contributed by atoms with Gasteiger partial charge < -0.3 is 14.6 Å². The van der Waals surface area contributed by atoms with Crippen molar-refractivity contribution in [2.75, 3.05) is 27.3 Å². The molecule has 5 nitrogen and oxygen atoms in total. The number of rotatable bonds is 4. The van der Waals surface area contributed by atoms with Crippen LogP contribution in [-0.2, 0) is 16.1 Å². The molecule has 1 saturated heterocycles. The maximum atomic E-state index is 8.36. The van der Waals surface area contributed by atoms with Crippen molar-refractivity contribution in [2.45, 2.75) is 51.7 Å². The molecule has 5 heteroatoms. The van der Waals surface area contributed by atoms with Gasteiger partial charge in [-0.3, -0.25) is 9.69 Å². The number of piperidine rings is 1. The number of ether oxygens (including phenoxy) is 2. The molecule has 0 aromatic heterocycles. The minimum atomic E-state index is -0.250. The minimum absolute atomic E-state index is 0.250. The lowest BCUT2D eigenvalue weighted by atomic mass is 9.76. The van der Waals surface area contributed by atoms with E-state index >= 15 is 0 Å². The predicted molar refractivity (Wildman–Crippen MR) is 98.0 cm³/mol. The standard InChI is InChI=1S/C19H29NO2.CH2O2/c1-15-7-8-16(17(12-15)21-2)13-20-11-5-10-19(14-20)9-4-6-18(19)22-3;2-1-3/h7-8,12,18H,4-6,9-11,13-14H2,1-3H3;1H,(H,2,3)/t18-,19-;/m1./s1. The van der Waals surface area contributed by atoms with E-state index in [0.717, 1.165) is 12.3 Å². The fourth-order valence-corrected chi connectivity index (χ4v) is 4.56. The summed E-state index contributed by atoms with van der Waals surface area (Å²) in [5.41, 5.74) is 2.95. The van der Waals surface area contributed by atoms with Crippen LogP contribution < -0.4 is 4.74 Å². The molecule has 2 aliphatic rings. The number of methoxy groups -OCH3 is 2. The Labute approximate surface area is 150 Å². The topological polar surface area (TPSA) is 59.0 Å². The molecule has 25 heavy (non-hydrogen) atoms. The van der Waals surface area contributed by atoms with Crippen LogP contribution in [0.5, 0.6) is 5.75 Å². The lowest BCUT2D eigenvalue weighted by Gasteiger charge is -2.43. The van der Waals surface area contributed by atoms with Crippen LogP contribution in [0.4, 0.5) is 0 Å². The first-order valence-corrected chi connectivity index (χ1v) is 9.05. The normalized spacial score (nSPS) is 26.1. The van der Waals surface area contributed by atoms with E-state index in [4.69, 9.17) is 19.4 Å². The van der Waals surface area contributed by atoms with Gasteiger partial charge in [-0.25, -0.2) is 0 Å².